The zero-order chi connectivity index (χ0) is 14.8. The second-order valence-electron chi connectivity index (χ2n) is 5.16. The molecule has 2 rings (SSSR count). The van der Waals surface area contributed by atoms with Gasteiger partial charge in [0.25, 0.3) is 5.91 Å². The number of halogens is 1. The van der Waals surface area contributed by atoms with Crippen LogP contribution in [-0.4, -0.2) is 48.3 Å². The number of hydrogen-bond acceptors (Lipinski definition) is 4. The number of carbonyl (C=O) groups excluding carboxylic acids is 1. The molecule has 1 aliphatic rings. The van der Waals surface area contributed by atoms with Crippen molar-refractivity contribution in [2.45, 2.75) is 23.3 Å². The van der Waals surface area contributed by atoms with Gasteiger partial charge in [-0.15, -0.1) is 12.6 Å². The quantitative estimate of drug-likeness (QED) is 0.836. The number of aliphatic hydroxyl groups is 1. The summed E-state index contributed by atoms with van der Waals surface area (Å²) in [7, 11) is 1.56. The van der Waals surface area contributed by atoms with Crippen LogP contribution in [0, 0.1) is 5.82 Å². The third kappa shape index (κ3) is 3.50. The summed E-state index contributed by atoms with van der Waals surface area (Å²) in [6, 6.07) is 4.10. The molecule has 4 nitrogen and oxygen atoms in total. The Morgan fingerprint density at radius 1 is 1.50 bits per heavy atom. The van der Waals surface area contributed by atoms with Gasteiger partial charge in [0.1, 0.15) is 5.82 Å². The minimum Gasteiger partial charge on any atom is -0.388 e. The lowest BCUT2D eigenvalue weighted by Crippen LogP contribution is -2.47. The van der Waals surface area contributed by atoms with Gasteiger partial charge in [0.15, 0.2) is 0 Å². The Morgan fingerprint density at radius 2 is 2.15 bits per heavy atom. The van der Waals surface area contributed by atoms with Crippen LogP contribution in [0.4, 0.5) is 4.39 Å². The van der Waals surface area contributed by atoms with Crippen LogP contribution in [0.3, 0.4) is 0 Å². The standard InChI is InChI=1S/C14H18FNO3S/c1-16(9-14(18)4-6-19-7-5-14)13(17)11-8-10(20)2-3-12(11)15/h2-3,8,18,20H,4-7,9H2,1H3. The Balaban J connectivity index is 2.10. The van der Waals surface area contributed by atoms with Crippen molar-refractivity contribution in [2.75, 3.05) is 26.8 Å². The Labute approximate surface area is 122 Å². The first kappa shape index (κ1) is 15.3. The molecular weight excluding hydrogens is 281 g/mol. The summed E-state index contributed by atoms with van der Waals surface area (Å²) in [5.74, 6) is -1.04. The molecule has 0 spiro atoms. The van der Waals surface area contributed by atoms with E-state index in [9.17, 15) is 14.3 Å². The van der Waals surface area contributed by atoms with Crippen LogP contribution in [0.15, 0.2) is 23.1 Å². The molecule has 20 heavy (non-hydrogen) atoms. The van der Waals surface area contributed by atoms with E-state index in [0.29, 0.717) is 31.0 Å². The van der Waals surface area contributed by atoms with E-state index in [0.717, 1.165) is 0 Å². The number of carbonyl (C=O) groups is 1. The molecule has 1 aromatic carbocycles. The number of nitrogens with zero attached hydrogens (tertiary/aromatic N) is 1. The van der Waals surface area contributed by atoms with Gasteiger partial charge in [0, 0.05) is 44.5 Å². The Kier molecular flexibility index (Phi) is 4.67. The van der Waals surface area contributed by atoms with Gasteiger partial charge in [-0.1, -0.05) is 0 Å². The Morgan fingerprint density at radius 3 is 2.80 bits per heavy atom. The van der Waals surface area contributed by atoms with Crippen LogP contribution in [0.25, 0.3) is 0 Å². The fourth-order valence-electron chi connectivity index (χ4n) is 2.31. The summed E-state index contributed by atoms with van der Waals surface area (Å²) in [6.45, 7) is 1.10. The van der Waals surface area contributed by atoms with Crippen molar-refractivity contribution < 1.29 is 19.0 Å². The van der Waals surface area contributed by atoms with E-state index < -0.39 is 17.3 Å². The molecule has 1 heterocycles. The molecule has 0 aliphatic carbocycles. The zero-order valence-electron chi connectivity index (χ0n) is 11.3. The maximum Gasteiger partial charge on any atom is 0.256 e. The third-order valence-corrected chi connectivity index (χ3v) is 3.76. The number of benzene rings is 1. The molecule has 0 bridgehead atoms. The number of amides is 1. The monoisotopic (exact) mass is 299 g/mol. The maximum atomic E-state index is 13.7. The lowest BCUT2D eigenvalue weighted by Gasteiger charge is -2.35. The van der Waals surface area contributed by atoms with E-state index in [1.54, 1.807) is 7.05 Å². The van der Waals surface area contributed by atoms with Crippen molar-refractivity contribution in [1.29, 1.82) is 0 Å². The van der Waals surface area contributed by atoms with E-state index in [2.05, 4.69) is 12.6 Å². The zero-order valence-corrected chi connectivity index (χ0v) is 12.2. The highest BCUT2D eigenvalue weighted by Crippen LogP contribution is 2.23. The van der Waals surface area contributed by atoms with Crippen molar-refractivity contribution in [2.24, 2.45) is 0 Å². The molecule has 0 saturated carbocycles. The van der Waals surface area contributed by atoms with Crippen molar-refractivity contribution in [3.63, 3.8) is 0 Å². The predicted molar refractivity (Wildman–Crippen MR) is 75.6 cm³/mol. The average Bonchev–Trinajstić information content (AvgIpc) is 2.41. The molecule has 1 aromatic rings. The first-order chi connectivity index (χ1) is 9.41. The van der Waals surface area contributed by atoms with Gasteiger partial charge in [0.2, 0.25) is 0 Å². The fraction of sp³-hybridized carbons (Fsp3) is 0.500. The maximum absolute atomic E-state index is 13.7. The lowest BCUT2D eigenvalue weighted by atomic mass is 9.93. The number of thiol groups is 1. The van der Waals surface area contributed by atoms with Gasteiger partial charge < -0.3 is 14.7 Å². The van der Waals surface area contributed by atoms with Gasteiger partial charge in [-0.25, -0.2) is 4.39 Å². The van der Waals surface area contributed by atoms with E-state index in [1.165, 1.54) is 23.1 Å². The number of ether oxygens (including phenoxy) is 1. The molecule has 0 atom stereocenters. The van der Waals surface area contributed by atoms with Crippen LogP contribution in [0.2, 0.25) is 0 Å². The second-order valence-corrected chi connectivity index (χ2v) is 5.68. The van der Waals surface area contributed by atoms with E-state index in [-0.39, 0.29) is 12.1 Å². The molecule has 0 radical (unpaired) electrons. The molecule has 0 unspecified atom stereocenters. The van der Waals surface area contributed by atoms with Gasteiger partial charge in [-0.2, -0.15) is 0 Å². The van der Waals surface area contributed by atoms with Gasteiger partial charge in [-0.3, -0.25) is 4.79 Å². The highest BCUT2D eigenvalue weighted by molar-refractivity contribution is 7.80. The van der Waals surface area contributed by atoms with Crippen LogP contribution >= 0.6 is 12.6 Å². The molecule has 0 aromatic heterocycles. The molecule has 110 valence electrons. The van der Waals surface area contributed by atoms with Crippen LogP contribution in [0.1, 0.15) is 23.2 Å². The lowest BCUT2D eigenvalue weighted by molar-refractivity contribution is -0.0734. The largest absolute Gasteiger partial charge is 0.388 e. The number of likely N-dealkylation sites (N-methyl/N-ethyl adjacent to an activating group) is 1. The van der Waals surface area contributed by atoms with Crippen LogP contribution < -0.4 is 0 Å². The topological polar surface area (TPSA) is 49.8 Å². The SMILES string of the molecule is CN(CC1(O)CCOCC1)C(=O)c1cc(S)ccc1F. The van der Waals surface area contributed by atoms with Gasteiger partial charge in [0.05, 0.1) is 11.2 Å². The van der Waals surface area contributed by atoms with Crippen molar-refractivity contribution in [1.82, 2.24) is 4.90 Å². The first-order valence-corrected chi connectivity index (χ1v) is 6.90. The van der Waals surface area contributed by atoms with Gasteiger partial charge >= 0.3 is 0 Å². The summed E-state index contributed by atoms with van der Waals surface area (Å²) in [4.78, 5) is 14.1. The van der Waals surface area contributed by atoms with Gasteiger partial charge in [-0.05, 0) is 18.2 Å². The summed E-state index contributed by atoms with van der Waals surface area (Å²) >= 11 is 4.11. The highest BCUT2D eigenvalue weighted by Gasteiger charge is 2.33. The molecule has 1 saturated heterocycles. The minimum atomic E-state index is -0.961. The predicted octanol–water partition coefficient (Wildman–Crippen LogP) is 1.73. The molecule has 1 fully saturated rings. The average molecular weight is 299 g/mol. The highest BCUT2D eigenvalue weighted by atomic mass is 32.1. The van der Waals surface area contributed by atoms with Crippen LogP contribution in [-0.2, 0) is 4.74 Å². The van der Waals surface area contributed by atoms with E-state index >= 15 is 0 Å². The number of hydrogen-bond donors (Lipinski definition) is 2. The molecule has 1 amide bonds. The molecule has 1 N–H and O–H groups in total. The summed E-state index contributed by atoms with van der Waals surface area (Å²) < 4.78 is 18.9. The molecule has 1 aliphatic heterocycles. The van der Waals surface area contributed by atoms with Crippen molar-refractivity contribution >= 4 is 18.5 Å². The molecular formula is C14H18FNO3S. The number of rotatable bonds is 3. The fourth-order valence-corrected chi connectivity index (χ4v) is 2.51. The van der Waals surface area contributed by atoms with E-state index in [1.807, 2.05) is 0 Å². The summed E-state index contributed by atoms with van der Waals surface area (Å²) in [6.07, 6.45) is 0.944. The second kappa shape index (κ2) is 6.11. The Bertz CT molecular complexity index is 503. The van der Waals surface area contributed by atoms with Crippen molar-refractivity contribution in [3.8, 4) is 0 Å². The first-order valence-electron chi connectivity index (χ1n) is 6.45. The van der Waals surface area contributed by atoms with Crippen LogP contribution in [0.5, 0.6) is 0 Å². The van der Waals surface area contributed by atoms with Crippen molar-refractivity contribution in [3.05, 3.63) is 29.6 Å². The molecule has 6 heteroatoms. The minimum absolute atomic E-state index is 0.0318. The third-order valence-electron chi connectivity index (χ3n) is 3.48. The smallest absolute Gasteiger partial charge is 0.256 e. The Hall–Kier alpha value is -1.11. The normalized spacial score (nSPS) is 17.8. The van der Waals surface area contributed by atoms with E-state index in [4.69, 9.17) is 4.74 Å². The summed E-state index contributed by atoms with van der Waals surface area (Å²) in [5, 5.41) is 10.4. The summed E-state index contributed by atoms with van der Waals surface area (Å²) in [5.41, 5.74) is -0.992.